The van der Waals surface area contributed by atoms with Crippen molar-refractivity contribution in [3.8, 4) is 0 Å². The van der Waals surface area contributed by atoms with E-state index in [9.17, 15) is 9.59 Å². The van der Waals surface area contributed by atoms with Crippen LogP contribution >= 0.6 is 0 Å². The Morgan fingerprint density at radius 3 is 2.68 bits per heavy atom. The number of nitrogens with two attached hydrogens (primary N) is 1. The first-order valence-corrected chi connectivity index (χ1v) is 5.70. The van der Waals surface area contributed by atoms with Crippen molar-refractivity contribution >= 4 is 23.1 Å². The summed E-state index contributed by atoms with van der Waals surface area (Å²) in [4.78, 5) is 27.1. The number of rotatable bonds is 3. The Labute approximate surface area is 110 Å². The molecule has 0 aliphatic rings. The number of carbonyl (C=O) groups excluding carboxylic acids is 2. The summed E-state index contributed by atoms with van der Waals surface area (Å²) >= 11 is 0. The molecule has 0 saturated heterocycles. The van der Waals surface area contributed by atoms with Crippen molar-refractivity contribution in [2.45, 2.75) is 6.92 Å². The Morgan fingerprint density at radius 2 is 2.00 bits per heavy atom. The topological polar surface area (TPSA) is 85.1 Å². The standard InChI is InChI=1S/C14H13N3O2/c1-9(18)10-3-2-4-12(7-10)17-14(19)13-8-11(15)5-6-16-13/h2-8H,1H3,(H2,15,16)(H,17,19). The Morgan fingerprint density at radius 1 is 1.21 bits per heavy atom. The summed E-state index contributed by atoms with van der Waals surface area (Å²) in [6.45, 7) is 1.47. The van der Waals surface area contributed by atoms with Crippen LogP contribution < -0.4 is 11.1 Å². The molecule has 5 heteroatoms. The van der Waals surface area contributed by atoms with Crippen LogP contribution in [-0.2, 0) is 0 Å². The number of pyridine rings is 1. The zero-order valence-electron chi connectivity index (χ0n) is 10.4. The van der Waals surface area contributed by atoms with Crippen LogP contribution in [0.15, 0.2) is 42.6 Å². The quantitative estimate of drug-likeness (QED) is 0.822. The van der Waals surface area contributed by atoms with Crippen molar-refractivity contribution in [3.63, 3.8) is 0 Å². The molecule has 0 bridgehead atoms. The van der Waals surface area contributed by atoms with Gasteiger partial charge in [0.2, 0.25) is 0 Å². The normalized spacial score (nSPS) is 9.95. The Bertz CT molecular complexity index is 638. The molecule has 1 aromatic heterocycles. The summed E-state index contributed by atoms with van der Waals surface area (Å²) in [5.41, 5.74) is 7.37. The summed E-state index contributed by atoms with van der Waals surface area (Å²) in [5.74, 6) is -0.425. The average molecular weight is 255 g/mol. The molecule has 0 saturated carbocycles. The number of nitrogens with one attached hydrogen (secondary N) is 1. The number of ketones is 1. The van der Waals surface area contributed by atoms with E-state index >= 15 is 0 Å². The molecule has 0 fully saturated rings. The molecule has 1 aromatic carbocycles. The minimum absolute atomic E-state index is 0.0572. The zero-order valence-corrected chi connectivity index (χ0v) is 10.4. The summed E-state index contributed by atoms with van der Waals surface area (Å²) in [7, 11) is 0. The number of amides is 1. The van der Waals surface area contributed by atoms with E-state index in [0.29, 0.717) is 16.9 Å². The van der Waals surface area contributed by atoms with Crippen LogP contribution in [0.3, 0.4) is 0 Å². The van der Waals surface area contributed by atoms with E-state index in [0.717, 1.165) is 0 Å². The van der Waals surface area contributed by atoms with Crippen molar-refractivity contribution in [3.05, 3.63) is 53.9 Å². The SMILES string of the molecule is CC(=O)c1cccc(NC(=O)c2cc(N)ccn2)c1. The number of nitrogens with zero attached hydrogens (tertiary/aromatic N) is 1. The predicted octanol–water partition coefficient (Wildman–Crippen LogP) is 2.12. The zero-order chi connectivity index (χ0) is 13.8. The fourth-order valence-electron chi connectivity index (χ4n) is 1.58. The molecule has 5 nitrogen and oxygen atoms in total. The van der Waals surface area contributed by atoms with Crippen LogP contribution in [0.2, 0.25) is 0 Å². The maximum Gasteiger partial charge on any atom is 0.274 e. The second-order valence-corrected chi connectivity index (χ2v) is 4.07. The Balaban J connectivity index is 2.19. The molecule has 1 heterocycles. The summed E-state index contributed by atoms with van der Waals surface area (Å²) in [6, 6.07) is 9.82. The van der Waals surface area contributed by atoms with Crippen molar-refractivity contribution in [2.75, 3.05) is 11.1 Å². The maximum absolute atomic E-state index is 11.9. The molecule has 0 aliphatic carbocycles. The third-order valence-electron chi connectivity index (χ3n) is 2.54. The van der Waals surface area contributed by atoms with Crippen LogP contribution in [0, 0.1) is 0 Å². The van der Waals surface area contributed by atoms with Crippen LogP contribution in [0.25, 0.3) is 0 Å². The highest BCUT2D eigenvalue weighted by Crippen LogP contribution is 2.13. The van der Waals surface area contributed by atoms with Crippen LogP contribution in [-0.4, -0.2) is 16.7 Å². The highest BCUT2D eigenvalue weighted by molar-refractivity contribution is 6.04. The van der Waals surface area contributed by atoms with E-state index in [-0.39, 0.29) is 17.4 Å². The van der Waals surface area contributed by atoms with Crippen molar-refractivity contribution in [1.29, 1.82) is 0 Å². The maximum atomic E-state index is 11.9. The van der Waals surface area contributed by atoms with Gasteiger partial charge in [0.1, 0.15) is 5.69 Å². The van der Waals surface area contributed by atoms with E-state index < -0.39 is 0 Å². The fraction of sp³-hybridized carbons (Fsp3) is 0.0714. The molecule has 96 valence electrons. The fourth-order valence-corrected chi connectivity index (χ4v) is 1.58. The molecular weight excluding hydrogens is 242 g/mol. The molecular formula is C14H13N3O2. The number of carbonyl (C=O) groups is 2. The highest BCUT2D eigenvalue weighted by atomic mass is 16.2. The molecule has 1 amide bonds. The predicted molar refractivity (Wildman–Crippen MR) is 73.0 cm³/mol. The minimum Gasteiger partial charge on any atom is -0.399 e. The number of hydrogen-bond donors (Lipinski definition) is 2. The van der Waals surface area contributed by atoms with Gasteiger partial charge >= 0.3 is 0 Å². The lowest BCUT2D eigenvalue weighted by atomic mass is 10.1. The van der Waals surface area contributed by atoms with Crippen LogP contribution in [0.4, 0.5) is 11.4 Å². The number of benzene rings is 1. The van der Waals surface area contributed by atoms with Gasteiger partial charge in [0.15, 0.2) is 5.78 Å². The minimum atomic E-state index is -0.368. The van der Waals surface area contributed by atoms with Gasteiger partial charge in [0.25, 0.3) is 5.91 Å². The monoisotopic (exact) mass is 255 g/mol. The van der Waals surface area contributed by atoms with Gasteiger partial charge < -0.3 is 11.1 Å². The molecule has 0 radical (unpaired) electrons. The van der Waals surface area contributed by atoms with Gasteiger partial charge in [-0.1, -0.05) is 12.1 Å². The number of aromatic nitrogens is 1. The third-order valence-corrected chi connectivity index (χ3v) is 2.54. The van der Waals surface area contributed by atoms with E-state index in [2.05, 4.69) is 10.3 Å². The lowest BCUT2D eigenvalue weighted by Crippen LogP contribution is -2.14. The number of Topliss-reactive ketones (excluding diaryl/α,β-unsaturated/α-hetero) is 1. The van der Waals surface area contributed by atoms with Crippen molar-refractivity contribution in [1.82, 2.24) is 4.98 Å². The van der Waals surface area contributed by atoms with Crippen LogP contribution in [0.1, 0.15) is 27.8 Å². The van der Waals surface area contributed by atoms with Gasteiger partial charge in [0.05, 0.1) is 0 Å². The highest BCUT2D eigenvalue weighted by Gasteiger charge is 2.08. The Hall–Kier alpha value is -2.69. The Kier molecular flexibility index (Phi) is 3.56. The molecule has 3 N–H and O–H groups in total. The lowest BCUT2D eigenvalue weighted by molar-refractivity contribution is 0.100. The molecule has 0 atom stereocenters. The summed E-state index contributed by atoms with van der Waals surface area (Å²) in [6.07, 6.45) is 1.47. The summed E-state index contributed by atoms with van der Waals surface area (Å²) < 4.78 is 0. The summed E-state index contributed by atoms with van der Waals surface area (Å²) in [5, 5.41) is 2.67. The van der Waals surface area contributed by atoms with E-state index in [1.165, 1.54) is 19.2 Å². The lowest BCUT2D eigenvalue weighted by Gasteiger charge is -2.06. The van der Waals surface area contributed by atoms with Gasteiger partial charge in [-0.25, -0.2) is 0 Å². The van der Waals surface area contributed by atoms with Gasteiger partial charge in [-0.05, 0) is 31.2 Å². The molecule has 0 unspecified atom stereocenters. The first kappa shape index (κ1) is 12.8. The van der Waals surface area contributed by atoms with Crippen LogP contribution in [0.5, 0.6) is 0 Å². The number of anilines is 2. The molecule has 2 rings (SSSR count). The van der Waals surface area contributed by atoms with Gasteiger partial charge in [-0.15, -0.1) is 0 Å². The van der Waals surface area contributed by atoms with Gasteiger partial charge in [-0.2, -0.15) is 0 Å². The largest absolute Gasteiger partial charge is 0.399 e. The smallest absolute Gasteiger partial charge is 0.274 e. The first-order valence-electron chi connectivity index (χ1n) is 5.70. The number of hydrogen-bond acceptors (Lipinski definition) is 4. The second kappa shape index (κ2) is 5.30. The van der Waals surface area contributed by atoms with Gasteiger partial charge in [-0.3, -0.25) is 14.6 Å². The average Bonchev–Trinajstić information content (AvgIpc) is 2.39. The molecule has 19 heavy (non-hydrogen) atoms. The van der Waals surface area contributed by atoms with Gasteiger partial charge in [0, 0.05) is 23.1 Å². The van der Waals surface area contributed by atoms with Crippen molar-refractivity contribution < 1.29 is 9.59 Å². The van der Waals surface area contributed by atoms with E-state index in [4.69, 9.17) is 5.73 Å². The third kappa shape index (κ3) is 3.16. The van der Waals surface area contributed by atoms with E-state index in [1.807, 2.05) is 0 Å². The first-order chi connectivity index (χ1) is 9.06. The van der Waals surface area contributed by atoms with Crippen molar-refractivity contribution in [2.24, 2.45) is 0 Å². The molecule has 0 aliphatic heterocycles. The van der Waals surface area contributed by atoms with E-state index in [1.54, 1.807) is 30.3 Å². The molecule has 0 spiro atoms. The second-order valence-electron chi connectivity index (χ2n) is 4.07. The number of nitrogen functional groups attached to an aromatic ring is 1. The molecule has 2 aromatic rings.